The smallest absolute Gasteiger partial charge is 0.318 e. The normalized spacial score (nSPS) is 13.3. The molecule has 2 heterocycles. The molecule has 1 fully saturated rings. The molecule has 21 heavy (non-hydrogen) atoms. The number of anilines is 2. The molecular formula is C12H15ClN6O2. The van der Waals surface area contributed by atoms with Gasteiger partial charge in [-0.15, -0.1) is 0 Å². The second kappa shape index (κ2) is 6.49. The van der Waals surface area contributed by atoms with Crippen molar-refractivity contribution in [2.45, 2.75) is 32.6 Å². The Balaban J connectivity index is 0.000000774. The number of nitrogens with one attached hydrogen (secondary N) is 2. The molecule has 9 heteroatoms. The molecule has 0 atom stereocenters. The van der Waals surface area contributed by atoms with E-state index in [4.69, 9.17) is 11.6 Å². The SMILES string of the molecule is CC.O=[N+]([O-])c1c(Cl)ncnc1Nc1cc(C2CC2)[nH]n1. The summed E-state index contributed by atoms with van der Waals surface area (Å²) < 4.78 is 0. The van der Waals surface area contributed by atoms with Crippen molar-refractivity contribution in [1.29, 1.82) is 0 Å². The molecule has 0 unspecified atom stereocenters. The molecule has 0 bridgehead atoms. The van der Waals surface area contributed by atoms with Gasteiger partial charge in [0.1, 0.15) is 6.33 Å². The van der Waals surface area contributed by atoms with Crippen LogP contribution in [0.25, 0.3) is 0 Å². The summed E-state index contributed by atoms with van der Waals surface area (Å²) in [6.07, 6.45) is 3.44. The Morgan fingerprint density at radius 3 is 2.76 bits per heavy atom. The first-order valence-corrected chi connectivity index (χ1v) is 7.00. The minimum absolute atomic E-state index is 0.0267. The molecule has 3 rings (SSSR count). The second-order valence-electron chi connectivity index (χ2n) is 4.23. The summed E-state index contributed by atoms with van der Waals surface area (Å²) >= 11 is 5.70. The van der Waals surface area contributed by atoms with Crippen molar-refractivity contribution >= 4 is 28.9 Å². The molecule has 8 nitrogen and oxygen atoms in total. The van der Waals surface area contributed by atoms with Crippen LogP contribution in [0.2, 0.25) is 5.15 Å². The van der Waals surface area contributed by atoms with Crippen LogP contribution in [-0.2, 0) is 0 Å². The third kappa shape index (κ3) is 3.46. The topological polar surface area (TPSA) is 110 Å². The monoisotopic (exact) mass is 310 g/mol. The minimum Gasteiger partial charge on any atom is -0.318 e. The number of nitro groups is 1. The van der Waals surface area contributed by atoms with Crippen LogP contribution in [0, 0.1) is 10.1 Å². The summed E-state index contributed by atoms with van der Waals surface area (Å²) in [5.74, 6) is 1.02. The molecule has 2 aromatic rings. The maximum Gasteiger partial charge on any atom is 0.348 e. The first-order valence-electron chi connectivity index (χ1n) is 6.62. The number of hydrogen-bond donors (Lipinski definition) is 2. The molecule has 1 aliphatic carbocycles. The van der Waals surface area contributed by atoms with Crippen LogP contribution < -0.4 is 5.32 Å². The van der Waals surface area contributed by atoms with Gasteiger partial charge in [-0.25, -0.2) is 9.97 Å². The molecule has 0 saturated heterocycles. The fourth-order valence-electron chi connectivity index (χ4n) is 1.74. The Morgan fingerprint density at radius 2 is 2.14 bits per heavy atom. The van der Waals surface area contributed by atoms with Gasteiger partial charge in [0.05, 0.1) is 4.92 Å². The van der Waals surface area contributed by atoms with Crippen LogP contribution in [0.4, 0.5) is 17.3 Å². The van der Waals surface area contributed by atoms with Crippen LogP contribution in [-0.4, -0.2) is 25.1 Å². The number of hydrogen-bond acceptors (Lipinski definition) is 6. The number of nitrogens with zero attached hydrogens (tertiary/aromatic N) is 4. The van der Waals surface area contributed by atoms with Crippen LogP contribution in [0.5, 0.6) is 0 Å². The molecule has 2 aromatic heterocycles. The van der Waals surface area contributed by atoms with E-state index in [1.54, 1.807) is 0 Å². The van der Waals surface area contributed by atoms with Gasteiger partial charge in [-0.2, -0.15) is 5.10 Å². The van der Waals surface area contributed by atoms with Crippen LogP contribution in [0.1, 0.15) is 38.3 Å². The fourth-order valence-corrected chi connectivity index (χ4v) is 1.94. The van der Waals surface area contributed by atoms with Crippen molar-refractivity contribution in [3.63, 3.8) is 0 Å². The highest BCUT2D eigenvalue weighted by molar-refractivity contribution is 6.31. The lowest BCUT2D eigenvalue weighted by Gasteiger charge is -2.02. The van der Waals surface area contributed by atoms with E-state index in [-0.39, 0.29) is 16.7 Å². The van der Waals surface area contributed by atoms with Gasteiger partial charge in [-0.05, 0) is 12.8 Å². The number of halogens is 1. The van der Waals surface area contributed by atoms with Gasteiger partial charge in [0.15, 0.2) is 5.82 Å². The summed E-state index contributed by atoms with van der Waals surface area (Å²) in [5.41, 5.74) is 0.658. The number of H-pyrrole nitrogens is 1. The van der Waals surface area contributed by atoms with Gasteiger partial charge >= 0.3 is 5.69 Å². The molecular weight excluding hydrogens is 296 g/mol. The molecule has 112 valence electrons. The predicted octanol–water partition coefficient (Wildman–Crippen LogP) is 3.41. The lowest BCUT2D eigenvalue weighted by molar-refractivity contribution is -0.384. The highest BCUT2D eigenvalue weighted by atomic mass is 35.5. The molecule has 0 aliphatic heterocycles. The lowest BCUT2D eigenvalue weighted by Crippen LogP contribution is -2.01. The van der Waals surface area contributed by atoms with Crippen molar-refractivity contribution in [3.05, 3.63) is 33.4 Å². The molecule has 0 radical (unpaired) electrons. The number of rotatable bonds is 4. The van der Waals surface area contributed by atoms with Crippen molar-refractivity contribution in [3.8, 4) is 0 Å². The second-order valence-corrected chi connectivity index (χ2v) is 4.58. The van der Waals surface area contributed by atoms with E-state index in [0.717, 1.165) is 24.9 Å². The Hall–Kier alpha value is -2.22. The predicted molar refractivity (Wildman–Crippen MR) is 78.9 cm³/mol. The van der Waals surface area contributed by atoms with Gasteiger partial charge in [0, 0.05) is 17.7 Å². The molecule has 0 amide bonds. The lowest BCUT2D eigenvalue weighted by atomic mass is 10.3. The molecule has 0 aromatic carbocycles. The van der Waals surface area contributed by atoms with Crippen molar-refractivity contribution < 1.29 is 4.92 Å². The zero-order valence-corrected chi connectivity index (χ0v) is 12.4. The molecule has 0 spiro atoms. The third-order valence-electron chi connectivity index (χ3n) is 2.82. The summed E-state index contributed by atoms with van der Waals surface area (Å²) in [7, 11) is 0. The quantitative estimate of drug-likeness (QED) is 0.508. The first-order chi connectivity index (χ1) is 10.1. The van der Waals surface area contributed by atoms with E-state index in [1.165, 1.54) is 0 Å². The zero-order chi connectivity index (χ0) is 15.4. The van der Waals surface area contributed by atoms with Crippen molar-refractivity contribution in [2.75, 3.05) is 5.32 Å². The number of aromatic amines is 1. The Bertz CT molecular complexity index is 640. The summed E-state index contributed by atoms with van der Waals surface area (Å²) in [4.78, 5) is 17.7. The molecule has 1 saturated carbocycles. The van der Waals surface area contributed by atoms with Gasteiger partial charge in [0.25, 0.3) is 0 Å². The van der Waals surface area contributed by atoms with Crippen LogP contribution in [0.15, 0.2) is 12.4 Å². The maximum atomic E-state index is 10.9. The minimum atomic E-state index is -0.626. The zero-order valence-electron chi connectivity index (χ0n) is 11.6. The maximum absolute atomic E-state index is 10.9. The van der Waals surface area contributed by atoms with Gasteiger partial charge in [-0.3, -0.25) is 15.2 Å². The largest absolute Gasteiger partial charge is 0.348 e. The first kappa shape index (κ1) is 15.2. The van der Waals surface area contributed by atoms with E-state index in [2.05, 4.69) is 25.5 Å². The average Bonchev–Trinajstić information content (AvgIpc) is 3.21. The Kier molecular flexibility index (Phi) is 4.69. The van der Waals surface area contributed by atoms with Crippen molar-refractivity contribution in [1.82, 2.24) is 20.2 Å². The van der Waals surface area contributed by atoms with Gasteiger partial charge in [0.2, 0.25) is 11.0 Å². The van der Waals surface area contributed by atoms with Crippen molar-refractivity contribution in [2.24, 2.45) is 0 Å². The third-order valence-corrected chi connectivity index (χ3v) is 3.10. The van der Waals surface area contributed by atoms with E-state index >= 15 is 0 Å². The Morgan fingerprint density at radius 1 is 1.43 bits per heavy atom. The van der Waals surface area contributed by atoms with Crippen LogP contribution in [0.3, 0.4) is 0 Å². The van der Waals surface area contributed by atoms with E-state index in [1.807, 2.05) is 19.9 Å². The van der Waals surface area contributed by atoms with Gasteiger partial charge in [-0.1, -0.05) is 25.4 Å². The van der Waals surface area contributed by atoms with Gasteiger partial charge < -0.3 is 5.32 Å². The molecule has 1 aliphatic rings. The summed E-state index contributed by atoms with van der Waals surface area (Å²) in [6, 6.07) is 1.82. The van der Waals surface area contributed by atoms with Crippen LogP contribution >= 0.6 is 11.6 Å². The van der Waals surface area contributed by atoms with E-state index in [9.17, 15) is 10.1 Å². The fraction of sp³-hybridized carbons (Fsp3) is 0.417. The summed E-state index contributed by atoms with van der Waals surface area (Å²) in [6.45, 7) is 4.00. The van der Waals surface area contributed by atoms with E-state index < -0.39 is 4.92 Å². The summed E-state index contributed by atoms with van der Waals surface area (Å²) in [5, 5.41) is 20.4. The molecule has 2 N–H and O–H groups in total. The standard InChI is InChI=1S/C10H9ClN6O2.C2H6/c11-9-8(17(18)19)10(13-4-12-9)14-7-3-6(15-16-7)5-1-2-5;1-2/h3-5H,1-2H2,(H2,12,13,14,15,16);1-2H3. The Labute approximate surface area is 126 Å². The average molecular weight is 311 g/mol. The van der Waals surface area contributed by atoms with E-state index in [0.29, 0.717) is 11.7 Å². The number of aromatic nitrogens is 4. The highest BCUT2D eigenvalue weighted by Crippen LogP contribution is 2.40. The highest BCUT2D eigenvalue weighted by Gasteiger charge is 2.26.